The molecule has 4 rings (SSSR count). The SMILES string of the molecule is CC(C)OC(=O)[C@@H]1CCCC[C@H]1Cc1nc(C2=CCc3ncc(Cl)cc32)ncc1F. The van der Waals surface area contributed by atoms with Gasteiger partial charge in [-0.1, -0.05) is 30.5 Å². The molecule has 1 fully saturated rings. The number of hydrogen-bond acceptors (Lipinski definition) is 5. The summed E-state index contributed by atoms with van der Waals surface area (Å²) in [6.07, 6.45) is 9.40. The molecule has 2 aromatic heterocycles. The van der Waals surface area contributed by atoms with Crippen molar-refractivity contribution in [3.63, 3.8) is 0 Å². The predicted octanol–water partition coefficient (Wildman–Crippen LogP) is 4.95. The number of carbonyl (C=O) groups is 1. The molecule has 0 radical (unpaired) electrons. The van der Waals surface area contributed by atoms with Crippen LogP contribution in [0.25, 0.3) is 5.57 Å². The van der Waals surface area contributed by atoms with E-state index in [1.807, 2.05) is 26.0 Å². The van der Waals surface area contributed by atoms with Crippen molar-refractivity contribution in [3.8, 4) is 0 Å². The predicted molar refractivity (Wildman–Crippen MR) is 112 cm³/mol. The molecule has 0 saturated heterocycles. The summed E-state index contributed by atoms with van der Waals surface area (Å²) in [5.41, 5.74) is 2.96. The average Bonchev–Trinajstić information content (AvgIpc) is 3.12. The van der Waals surface area contributed by atoms with E-state index < -0.39 is 5.82 Å². The molecule has 0 bridgehead atoms. The van der Waals surface area contributed by atoms with Gasteiger partial charge in [0.05, 0.1) is 34.6 Å². The highest BCUT2D eigenvalue weighted by Crippen LogP contribution is 2.35. The monoisotopic (exact) mass is 429 g/mol. The minimum Gasteiger partial charge on any atom is -0.463 e. The zero-order valence-electron chi connectivity index (χ0n) is 17.2. The molecule has 2 aliphatic carbocycles. The highest BCUT2D eigenvalue weighted by atomic mass is 35.5. The molecule has 2 aromatic rings. The van der Waals surface area contributed by atoms with Crippen molar-refractivity contribution in [2.45, 2.75) is 58.5 Å². The number of aromatic nitrogens is 3. The van der Waals surface area contributed by atoms with Crippen LogP contribution in [0.4, 0.5) is 4.39 Å². The third kappa shape index (κ3) is 4.38. The zero-order chi connectivity index (χ0) is 21.3. The number of allylic oxidation sites excluding steroid dienone is 1. The smallest absolute Gasteiger partial charge is 0.309 e. The Morgan fingerprint density at radius 1 is 1.27 bits per heavy atom. The van der Waals surface area contributed by atoms with Crippen LogP contribution in [-0.4, -0.2) is 27.0 Å². The molecular formula is C23H25ClFN3O2. The van der Waals surface area contributed by atoms with Gasteiger partial charge < -0.3 is 4.74 Å². The number of rotatable bonds is 5. The van der Waals surface area contributed by atoms with Crippen molar-refractivity contribution < 1.29 is 13.9 Å². The van der Waals surface area contributed by atoms with Crippen molar-refractivity contribution in [2.24, 2.45) is 11.8 Å². The van der Waals surface area contributed by atoms with Crippen LogP contribution in [0.3, 0.4) is 0 Å². The van der Waals surface area contributed by atoms with Gasteiger partial charge in [-0.05, 0) is 45.1 Å². The van der Waals surface area contributed by atoms with E-state index >= 15 is 0 Å². The first-order chi connectivity index (χ1) is 14.4. The normalized spacial score (nSPS) is 20.8. The zero-order valence-corrected chi connectivity index (χ0v) is 18.0. The Labute approximate surface area is 180 Å². The molecule has 0 unspecified atom stereocenters. The minimum atomic E-state index is -0.441. The lowest BCUT2D eigenvalue weighted by Gasteiger charge is -2.30. The Balaban J connectivity index is 1.59. The van der Waals surface area contributed by atoms with Crippen molar-refractivity contribution >= 4 is 23.1 Å². The lowest BCUT2D eigenvalue weighted by atomic mass is 9.77. The van der Waals surface area contributed by atoms with Gasteiger partial charge in [0.25, 0.3) is 0 Å². The van der Waals surface area contributed by atoms with Gasteiger partial charge in [0.15, 0.2) is 11.6 Å². The minimum absolute atomic E-state index is 0.0169. The number of halogens is 2. The number of fused-ring (bicyclic) bond motifs is 1. The molecule has 2 aliphatic rings. The summed E-state index contributed by atoms with van der Waals surface area (Å²) in [5.74, 6) is -0.358. The van der Waals surface area contributed by atoms with Crippen molar-refractivity contribution in [2.75, 3.05) is 0 Å². The molecule has 5 nitrogen and oxygen atoms in total. The van der Waals surface area contributed by atoms with Crippen LogP contribution in [-0.2, 0) is 22.4 Å². The molecule has 0 amide bonds. The summed E-state index contributed by atoms with van der Waals surface area (Å²) in [4.78, 5) is 25.7. The van der Waals surface area contributed by atoms with Crippen LogP contribution in [0.1, 0.15) is 62.3 Å². The summed E-state index contributed by atoms with van der Waals surface area (Å²) in [6, 6.07) is 1.84. The largest absolute Gasteiger partial charge is 0.463 e. The number of nitrogens with zero attached hydrogens (tertiary/aromatic N) is 3. The van der Waals surface area contributed by atoms with E-state index in [1.165, 1.54) is 6.20 Å². The average molecular weight is 430 g/mol. The molecule has 158 valence electrons. The summed E-state index contributed by atoms with van der Waals surface area (Å²) >= 11 is 6.11. The van der Waals surface area contributed by atoms with E-state index in [-0.39, 0.29) is 23.9 Å². The lowest BCUT2D eigenvalue weighted by molar-refractivity contribution is -0.155. The molecule has 2 heterocycles. The Morgan fingerprint density at radius 3 is 2.87 bits per heavy atom. The fourth-order valence-electron chi connectivity index (χ4n) is 4.39. The van der Waals surface area contributed by atoms with Gasteiger partial charge in [-0.3, -0.25) is 9.78 Å². The molecular weight excluding hydrogens is 405 g/mol. The molecule has 7 heteroatoms. The fourth-order valence-corrected chi connectivity index (χ4v) is 4.55. The number of pyridine rings is 1. The van der Waals surface area contributed by atoms with E-state index in [0.29, 0.717) is 29.4 Å². The highest BCUT2D eigenvalue weighted by molar-refractivity contribution is 6.30. The van der Waals surface area contributed by atoms with Gasteiger partial charge in [0.2, 0.25) is 0 Å². The second kappa shape index (κ2) is 8.80. The van der Waals surface area contributed by atoms with Gasteiger partial charge in [0, 0.05) is 23.8 Å². The first-order valence-corrected chi connectivity index (χ1v) is 10.9. The summed E-state index contributed by atoms with van der Waals surface area (Å²) in [5, 5.41) is 0.539. The highest BCUT2D eigenvalue weighted by Gasteiger charge is 2.33. The third-order valence-corrected chi connectivity index (χ3v) is 6.01. The molecule has 0 N–H and O–H groups in total. The van der Waals surface area contributed by atoms with E-state index in [0.717, 1.165) is 42.5 Å². The van der Waals surface area contributed by atoms with Crippen LogP contribution in [0.5, 0.6) is 0 Å². The van der Waals surface area contributed by atoms with E-state index in [1.54, 1.807) is 6.20 Å². The maximum atomic E-state index is 14.6. The van der Waals surface area contributed by atoms with Gasteiger partial charge in [0.1, 0.15) is 0 Å². The molecule has 30 heavy (non-hydrogen) atoms. The van der Waals surface area contributed by atoms with Crippen molar-refractivity contribution in [1.29, 1.82) is 0 Å². The quantitative estimate of drug-likeness (QED) is 0.629. The molecule has 0 spiro atoms. The summed E-state index contributed by atoms with van der Waals surface area (Å²) in [6.45, 7) is 3.70. The number of ether oxygens (including phenoxy) is 1. The Morgan fingerprint density at radius 2 is 2.07 bits per heavy atom. The lowest BCUT2D eigenvalue weighted by Crippen LogP contribution is -2.32. The Hall–Kier alpha value is -2.34. The van der Waals surface area contributed by atoms with Crippen molar-refractivity contribution in [3.05, 3.63) is 58.2 Å². The standard InChI is InChI=1S/C23H25ClFN3O2/c1-13(2)30-23(29)16-6-4-3-5-14(16)9-21-19(25)12-27-22(28-21)17-7-8-20-18(17)10-15(24)11-26-20/h7,10-14,16H,3-6,8-9H2,1-2H3/t14-,16+/m0/s1. The molecule has 0 aromatic carbocycles. The van der Waals surface area contributed by atoms with Crippen LogP contribution in [0, 0.1) is 17.7 Å². The maximum Gasteiger partial charge on any atom is 0.309 e. The van der Waals surface area contributed by atoms with Crippen LogP contribution >= 0.6 is 11.6 Å². The van der Waals surface area contributed by atoms with E-state index in [4.69, 9.17) is 16.3 Å². The van der Waals surface area contributed by atoms with Gasteiger partial charge >= 0.3 is 5.97 Å². The van der Waals surface area contributed by atoms with Crippen LogP contribution < -0.4 is 0 Å². The first-order valence-electron chi connectivity index (χ1n) is 10.5. The number of esters is 1. The topological polar surface area (TPSA) is 65.0 Å². The second-order valence-electron chi connectivity index (χ2n) is 8.30. The van der Waals surface area contributed by atoms with Gasteiger partial charge in [-0.15, -0.1) is 0 Å². The second-order valence-corrected chi connectivity index (χ2v) is 8.74. The van der Waals surface area contributed by atoms with Crippen molar-refractivity contribution in [1.82, 2.24) is 15.0 Å². The Bertz CT molecular complexity index is 992. The maximum absolute atomic E-state index is 14.6. The molecule has 0 aliphatic heterocycles. The van der Waals surface area contributed by atoms with E-state index in [2.05, 4.69) is 15.0 Å². The summed E-state index contributed by atoms with van der Waals surface area (Å²) < 4.78 is 20.1. The molecule has 2 atom stereocenters. The fraction of sp³-hybridized carbons (Fsp3) is 0.478. The van der Waals surface area contributed by atoms with Crippen LogP contribution in [0.15, 0.2) is 24.5 Å². The first kappa shape index (κ1) is 20.9. The number of hydrogen-bond donors (Lipinski definition) is 0. The van der Waals surface area contributed by atoms with Gasteiger partial charge in [-0.25, -0.2) is 14.4 Å². The third-order valence-electron chi connectivity index (χ3n) is 5.80. The Kier molecular flexibility index (Phi) is 6.14. The van der Waals surface area contributed by atoms with E-state index in [9.17, 15) is 9.18 Å². The van der Waals surface area contributed by atoms with Crippen LogP contribution in [0.2, 0.25) is 5.02 Å². The number of carbonyl (C=O) groups excluding carboxylic acids is 1. The summed E-state index contributed by atoms with van der Waals surface area (Å²) in [7, 11) is 0. The van der Waals surface area contributed by atoms with Gasteiger partial charge in [-0.2, -0.15) is 0 Å². The molecule has 1 saturated carbocycles.